The summed E-state index contributed by atoms with van der Waals surface area (Å²) in [4.78, 5) is 15.1. The molecule has 0 saturated heterocycles. The Labute approximate surface area is 106 Å². The fraction of sp³-hybridized carbons (Fsp3) is 0.692. The molecule has 0 bridgehead atoms. The van der Waals surface area contributed by atoms with Crippen LogP contribution in [0.5, 0.6) is 0 Å². The number of hydrogen-bond donors (Lipinski definition) is 1. The van der Waals surface area contributed by atoms with Crippen LogP contribution in [0.1, 0.15) is 61.6 Å². The highest BCUT2D eigenvalue weighted by molar-refractivity contribution is 7.09. The number of aryl methyl sites for hydroxylation is 1. The van der Waals surface area contributed by atoms with Gasteiger partial charge in [-0.1, -0.05) is 12.8 Å². The second kappa shape index (κ2) is 6.15. The van der Waals surface area contributed by atoms with E-state index in [1.807, 2.05) is 0 Å². The maximum atomic E-state index is 10.4. The Bertz CT molecular complexity index is 369. The van der Waals surface area contributed by atoms with E-state index in [2.05, 4.69) is 10.4 Å². The molecule has 1 N–H and O–H groups in total. The van der Waals surface area contributed by atoms with Gasteiger partial charge in [-0.05, 0) is 32.1 Å². The average molecular weight is 253 g/mol. The number of rotatable bonds is 6. The number of unbranched alkanes of at least 4 members (excludes halogenated alkanes) is 1. The number of thiazole rings is 1. The van der Waals surface area contributed by atoms with Crippen LogP contribution in [0, 0.1) is 0 Å². The molecule has 1 saturated carbocycles. The van der Waals surface area contributed by atoms with Gasteiger partial charge in [0.1, 0.15) is 0 Å². The van der Waals surface area contributed by atoms with Gasteiger partial charge in [-0.3, -0.25) is 4.79 Å². The average Bonchev–Trinajstić information content (AvgIpc) is 2.94. The van der Waals surface area contributed by atoms with Crippen LogP contribution in [0.15, 0.2) is 5.38 Å². The molecule has 1 fully saturated rings. The Morgan fingerprint density at radius 1 is 1.41 bits per heavy atom. The summed E-state index contributed by atoms with van der Waals surface area (Å²) >= 11 is 1.74. The molecular formula is C13H19NO2S. The molecule has 0 amide bonds. The van der Waals surface area contributed by atoms with Crippen LogP contribution in [0.3, 0.4) is 0 Å². The third-order valence-corrected chi connectivity index (χ3v) is 4.30. The largest absolute Gasteiger partial charge is 0.481 e. The van der Waals surface area contributed by atoms with Gasteiger partial charge >= 0.3 is 5.97 Å². The molecule has 1 aromatic rings. The van der Waals surface area contributed by atoms with Crippen molar-refractivity contribution in [1.29, 1.82) is 0 Å². The van der Waals surface area contributed by atoms with Crippen LogP contribution in [0.25, 0.3) is 0 Å². The van der Waals surface area contributed by atoms with Gasteiger partial charge in [0.05, 0.1) is 10.7 Å². The van der Waals surface area contributed by atoms with E-state index >= 15 is 0 Å². The number of nitrogens with zero attached hydrogens (tertiary/aromatic N) is 1. The highest BCUT2D eigenvalue weighted by atomic mass is 32.1. The first kappa shape index (κ1) is 12.6. The van der Waals surface area contributed by atoms with E-state index in [9.17, 15) is 4.79 Å². The Hall–Kier alpha value is -0.900. The van der Waals surface area contributed by atoms with Gasteiger partial charge in [0.25, 0.3) is 0 Å². The normalized spacial score (nSPS) is 16.5. The molecule has 1 aliphatic rings. The second-order valence-corrected chi connectivity index (χ2v) is 5.69. The minimum absolute atomic E-state index is 0.279. The molecule has 3 nitrogen and oxygen atoms in total. The van der Waals surface area contributed by atoms with Gasteiger partial charge in [-0.2, -0.15) is 0 Å². The molecule has 0 unspecified atom stereocenters. The van der Waals surface area contributed by atoms with E-state index in [1.54, 1.807) is 11.3 Å². The summed E-state index contributed by atoms with van der Waals surface area (Å²) < 4.78 is 0. The predicted molar refractivity (Wildman–Crippen MR) is 68.5 cm³/mol. The van der Waals surface area contributed by atoms with Crippen LogP contribution < -0.4 is 0 Å². The molecule has 94 valence electrons. The minimum atomic E-state index is -0.698. The fourth-order valence-electron chi connectivity index (χ4n) is 2.40. The summed E-state index contributed by atoms with van der Waals surface area (Å²) in [7, 11) is 0. The number of carboxylic acids is 1. The first-order valence-corrected chi connectivity index (χ1v) is 7.30. The van der Waals surface area contributed by atoms with Crippen LogP contribution >= 0.6 is 11.3 Å². The standard InChI is InChI=1S/C13H19NO2S/c15-13(16)8-4-3-7-12-14-11(9-17-12)10-5-1-2-6-10/h9-10H,1-8H2,(H,15,16). The summed E-state index contributed by atoms with van der Waals surface area (Å²) in [5, 5.41) is 11.9. The third-order valence-electron chi connectivity index (χ3n) is 3.37. The molecular weight excluding hydrogens is 234 g/mol. The molecule has 0 radical (unpaired) electrons. The van der Waals surface area contributed by atoms with Crippen molar-refractivity contribution in [3.63, 3.8) is 0 Å². The van der Waals surface area contributed by atoms with Crippen molar-refractivity contribution >= 4 is 17.3 Å². The molecule has 0 spiro atoms. The first-order chi connectivity index (χ1) is 8.25. The van der Waals surface area contributed by atoms with Gasteiger partial charge in [0.15, 0.2) is 0 Å². The summed E-state index contributed by atoms with van der Waals surface area (Å²) in [5.74, 6) is -0.00481. The molecule has 2 rings (SSSR count). The molecule has 17 heavy (non-hydrogen) atoms. The topological polar surface area (TPSA) is 50.2 Å². The van der Waals surface area contributed by atoms with Crippen molar-refractivity contribution in [2.24, 2.45) is 0 Å². The predicted octanol–water partition coefficient (Wildman–Crippen LogP) is 3.60. The Kier molecular flexibility index (Phi) is 4.54. The molecule has 4 heteroatoms. The molecule has 0 atom stereocenters. The van der Waals surface area contributed by atoms with E-state index in [4.69, 9.17) is 5.11 Å². The van der Waals surface area contributed by atoms with E-state index in [-0.39, 0.29) is 6.42 Å². The van der Waals surface area contributed by atoms with Crippen LogP contribution in [0.2, 0.25) is 0 Å². The number of aliphatic carboxylic acids is 1. The van der Waals surface area contributed by atoms with Gasteiger partial charge < -0.3 is 5.11 Å². The van der Waals surface area contributed by atoms with Crippen molar-refractivity contribution in [2.75, 3.05) is 0 Å². The Morgan fingerprint density at radius 3 is 2.88 bits per heavy atom. The summed E-state index contributed by atoms with van der Waals surface area (Å²) in [6.07, 6.45) is 8.18. The Balaban J connectivity index is 1.75. The van der Waals surface area contributed by atoms with Crippen LogP contribution in [-0.4, -0.2) is 16.1 Å². The molecule has 0 aliphatic heterocycles. The van der Waals surface area contributed by atoms with Crippen molar-refractivity contribution in [2.45, 2.75) is 57.3 Å². The van der Waals surface area contributed by atoms with Crippen LogP contribution in [0.4, 0.5) is 0 Å². The fourth-order valence-corrected chi connectivity index (χ4v) is 3.32. The van der Waals surface area contributed by atoms with E-state index in [1.165, 1.54) is 36.4 Å². The molecule has 0 aromatic carbocycles. The van der Waals surface area contributed by atoms with Crippen molar-refractivity contribution < 1.29 is 9.90 Å². The van der Waals surface area contributed by atoms with E-state index < -0.39 is 5.97 Å². The number of hydrogen-bond acceptors (Lipinski definition) is 3. The maximum Gasteiger partial charge on any atom is 0.303 e. The van der Waals surface area contributed by atoms with Crippen molar-refractivity contribution in [3.05, 3.63) is 16.1 Å². The number of aromatic nitrogens is 1. The zero-order chi connectivity index (χ0) is 12.1. The lowest BCUT2D eigenvalue weighted by molar-refractivity contribution is -0.137. The first-order valence-electron chi connectivity index (χ1n) is 6.42. The van der Waals surface area contributed by atoms with Gasteiger partial charge in [0, 0.05) is 17.7 Å². The molecule has 1 heterocycles. The van der Waals surface area contributed by atoms with Gasteiger partial charge in [-0.15, -0.1) is 11.3 Å². The highest BCUT2D eigenvalue weighted by Crippen LogP contribution is 2.34. The second-order valence-electron chi connectivity index (χ2n) is 4.75. The minimum Gasteiger partial charge on any atom is -0.481 e. The highest BCUT2D eigenvalue weighted by Gasteiger charge is 2.19. The van der Waals surface area contributed by atoms with Crippen molar-refractivity contribution in [1.82, 2.24) is 4.98 Å². The zero-order valence-corrected chi connectivity index (χ0v) is 10.8. The van der Waals surface area contributed by atoms with E-state index in [0.717, 1.165) is 19.3 Å². The lowest BCUT2D eigenvalue weighted by atomic mass is 10.1. The lowest BCUT2D eigenvalue weighted by Crippen LogP contribution is -1.96. The summed E-state index contributed by atoms with van der Waals surface area (Å²) in [6, 6.07) is 0. The number of carbonyl (C=O) groups is 1. The van der Waals surface area contributed by atoms with Gasteiger partial charge in [0.2, 0.25) is 0 Å². The summed E-state index contributed by atoms with van der Waals surface area (Å²) in [5.41, 5.74) is 1.28. The quantitative estimate of drug-likeness (QED) is 0.788. The zero-order valence-electron chi connectivity index (χ0n) is 10.0. The summed E-state index contributed by atoms with van der Waals surface area (Å²) in [6.45, 7) is 0. The number of carboxylic acid groups (broad SMARTS) is 1. The molecule has 1 aliphatic carbocycles. The smallest absolute Gasteiger partial charge is 0.303 e. The van der Waals surface area contributed by atoms with E-state index in [0.29, 0.717) is 5.92 Å². The van der Waals surface area contributed by atoms with Gasteiger partial charge in [-0.25, -0.2) is 4.98 Å². The Morgan fingerprint density at radius 2 is 2.18 bits per heavy atom. The van der Waals surface area contributed by atoms with Crippen LogP contribution in [-0.2, 0) is 11.2 Å². The monoisotopic (exact) mass is 253 g/mol. The molecule has 1 aromatic heterocycles. The SMILES string of the molecule is O=C(O)CCCCc1nc(C2CCCC2)cs1. The lowest BCUT2D eigenvalue weighted by Gasteiger charge is -2.03. The third kappa shape index (κ3) is 3.80. The van der Waals surface area contributed by atoms with Crippen molar-refractivity contribution in [3.8, 4) is 0 Å². The maximum absolute atomic E-state index is 10.4.